The highest BCUT2D eigenvalue weighted by Gasteiger charge is 2.18. The average molecular weight is 312 g/mol. The Bertz CT molecular complexity index is 369. The van der Waals surface area contributed by atoms with Crippen molar-refractivity contribution in [3.63, 3.8) is 0 Å². The third kappa shape index (κ3) is 4.72. The minimum Gasteiger partial charge on any atom is -0.351 e. The number of carbonyl (C=O) groups is 1. The van der Waals surface area contributed by atoms with Crippen molar-refractivity contribution in [3.05, 3.63) is 16.1 Å². The highest BCUT2D eigenvalue weighted by Crippen LogP contribution is 2.14. The van der Waals surface area contributed by atoms with Crippen LogP contribution < -0.4 is 10.6 Å². The normalized spacial score (nSPS) is 14.1. The number of halogens is 2. The molecule has 0 spiro atoms. The smallest absolute Gasteiger partial charge is 0.263 e. The molecule has 1 saturated heterocycles. The zero-order chi connectivity index (χ0) is 11.4. The molecule has 1 aliphatic rings. The number of aromatic nitrogens is 1. The largest absolute Gasteiger partial charge is 0.351 e. The fraction of sp³-hybridized carbons (Fsp3) is 0.636. The van der Waals surface area contributed by atoms with Crippen molar-refractivity contribution in [2.75, 3.05) is 19.6 Å². The number of hydrogen-bond donors (Lipinski definition) is 2. The maximum absolute atomic E-state index is 11.7. The second kappa shape index (κ2) is 8.69. The third-order valence-electron chi connectivity index (χ3n) is 2.66. The van der Waals surface area contributed by atoms with Crippen LogP contribution in [0.1, 0.15) is 28.0 Å². The van der Waals surface area contributed by atoms with Gasteiger partial charge in [0.2, 0.25) is 0 Å². The molecule has 2 heterocycles. The minimum absolute atomic E-state index is 0. The molecule has 0 radical (unpaired) electrons. The monoisotopic (exact) mass is 311 g/mol. The topological polar surface area (TPSA) is 54.0 Å². The van der Waals surface area contributed by atoms with Crippen LogP contribution in [-0.4, -0.2) is 30.5 Å². The SMILES string of the molecule is CCCc1ncc(C(=O)NCC2CNC2)s1.Cl.Cl. The standard InChI is InChI=1S/C11H17N3OS.2ClH/c1-2-3-10-13-7-9(16-10)11(15)14-6-8-4-12-5-8;;/h7-8,12H,2-6H2,1H3,(H,14,15);2*1H. The Hall–Kier alpha value is -0.360. The van der Waals surface area contributed by atoms with Gasteiger partial charge in [-0.3, -0.25) is 4.79 Å². The van der Waals surface area contributed by atoms with Gasteiger partial charge in [-0.05, 0) is 12.8 Å². The molecular formula is C11H19Cl2N3OS. The molecule has 0 bridgehead atoms. The van der Waals surface area contributed by atoms with Gasteiger partial charge in [0, 0.05) is 25.6 Å². The molecule has 0 aliphatic carbocycles. The molecule has 1 aliphatic heterocycles. The molecule has 0 aromatic carbocycles. The molecule has 0 saturated carbocycles. The van der Waals surface area contributed by atoms with Gasteiger partial charge in [0.25, 0.3) is 5.91 Å². The lowest BCUT2D eigenvalue weighted by Crippen LogP contribution is -2.48. The summed E-state index contributed by atoms with van der Waals surface area (Å²) in [5, 5.41) is 7.19. The van der Waals surface area contributed by atoms with Crippen molar-refractivity contribution in [1.29, 1.82) is 0 Å². The van der Waals surface area contributed by atoms with Gasteiger partial charge in [-0.15, -0.1) is 36.2 Å². The quantitative estimate of drug-likeness (QED) is 0.873. The number of nitrogens with one attached hydrogen (secondary N) is 2. The molecule has 1 amide bonds. The molecule has 104 valence electrons. The van der Waals surface area contributed by atoms with Crippen LogP contribution in [0.3, 0.4) is 0 Å². The van der Waals surface area contributed by atoms with E-state index in [0.717, 1.165) is 42.4 Å². The first-order valence-electron chi connectivity index (χ1n) is 5.73. The van der Waals surface area contributed by atoms with Gasteiger partial charge < -0.3 is 10.6 Å². The first-order chi connectivity index (χ1) is 7.79. The van der Waals surface area contributed by atoms with E-state index in [-0.39, 0.29) is 30.7 Å². The minimum atomic E-state index is 0. The summed E-state index contributed by atoms with van der Waals surface area (Å²) in [5.41, 5.74) is 0. The van der Waals surface area contributed by atoms with E-state index >= 15 is 0 Å². The maximum atomic E-state index is 11.7. The second-order valence-corrected chi connectivity index (χ2v) is 5.22. The van der Waals surface area contributed by atoms with E-state index in [0.29, 0.717) is 5.92 Å². The van der Waals surface area contributed by atoms with Crippen molar-refractivity contribution in [2.24, 2.45) is 5.92 Å². The third-order valence-corrected chi connectivity index (χ3v) is 3.71. The first-order valence-corrected chi connectivity index (χ1v) is 6.55. The predicted molar refractivity (Wildman–Crippen MR) is 79.3 cm³/mol. The lowest BCUT2D eigenvalue weighted by atomic mass is 10.0. The Morgan fingerprint density at radius 1 is 1.56 bits per heavy atom. The van der Waals surface area contributed by atoms with E-state index in [9.17, 15) is 4.79 Å². The molecule has 1 aromatic heterocycles. The van der Waals surface area contributed by atoms with Crippen LogP contribution in [0.25, 0.3) is 0 Å². The Morgan fingerprint density at radius 2 is 2.28 bits per heavy atom. The average Bonchev–Trinajstić information content (AvgIpc) is 2.64. The number of nitrogens with zero attached hydrogens (tertiary/aromatic N) is 1. The molecule has 1 fully saturated rings. The van der Waals surface area contributed by atoms with Crippen LogP contribution in [0.4, 0.5) is 0 Å². The highest BCUT2D eigenvalue weighted by atomic mass is 35.5. The summed E-state index contributed by atoms with van der Waals surface area (Å²) in [6.07, 6.45) is 3.72. The predicted octanol–water partition coefficient (Wildman–Crippen LogP) is 1.89. The fourth-order valence-electron chi connectivity index (χ4n) is 1.56. The van der Waals surface area contributed by atoms with Crippen molar-refractivity contribution in [1.82, 2.24) is 15.6 Å². The van der Waals surface area contributed by atoms with Crippen molar-refractivity contribution in [3.8, 4) is 0 Å². The number of carbonyl (C=O) groups excluding carboxylic acids is 1. The number of amides is 1. The fourth-order valence-corrected chi connectivity index (χ4v) is 2.50. The van der Waals surface area contributed by atoms with Gasteiger partial charge in [0.1, 0.15) is 4.88 Å². The number of aryl methyl sites for hydroxylation is 1. The van der Waals surface area contributed by atoms with Gasteiger partial charge in [0.05, 0.1) is 11.2 Å². The summed E-state index contributed by atoms with van der Waals surface area (Å²) < 4.78 is 0. The van der Waals surface area contributed by atoms with E-state index in [1.54, 1.807) is 6.20 Å². The van der Waals surface area contributed by atoms with Gasteiger partial charge in [0.15, 0.2) is 0 Å². The summed E-state index contributed by atoms with van der Waals surface area (Å²) in [4.78, 5) is 16.7. The van der Waals surface area contributed by atoms with Crippen LogP contribution in [0.5, 0.6) is 0 Å². The van der Waals surface area contributed by atoms with Gasteiger partial charge >= 0.3 is 0 Å². The summed E-state index contributed by atoms with van der Waals surface area (Å²) in [7, 11) is 0. The maximum Gasteiger partial charge on any atom is 0.263 e. The van der Waals surface area contributed by atoms with Crippen molar-refractivity contribution >= 4 is 42.1 Å². The number of thiazole rings is 1. The summed E-state index contributed by atoms with van der Waals surface area (Å²) >= 11 is 1.50. The molecule has 18 heavy (non-hydrogen) atoms. The van der Waals surface area contributed by atoms with E-state index in [1.165, 1.54) is 11.3 Å². The zero-order valence-electron chi connectivity index (χ0n) is 10.3. The molecule has 4 nitrogen and oxygen atoms in total. The molecule has 1 aromatic rings. The molecule has 7 heteroatoms. The first kappa shape index (κ1) is 17.6. The van der Waals surface area contributed by atoms with Gasteiger partial charge in [-0.25, -0.2) is 4.98 Å². The Kier molecular flexibility index (Phi) is 8.52. The lowest BCUT2D eigenvalue weighted by Gasteiger charge is -2.26. The van der Waals surface area contributed by atoms with Crippen LogP contribution in [0, 0.1) is 5.92 Å². The van der Waals surface area contributed by atoms with Crippen LogP contribution in [0.15, 0.2) is 6.20 Å². The van der Waals surface area contributed by atoms with Crippen LogP contribution >= 0.6 is 36.2 Å². The molecular weight excluding hydrogens is 293 g/mol. The molecule has 2 rings (SSSR count). The van der Waals surface area contributed by atoms with Crippen molar-refractivity contribution in [2.45, 2.75) is 19.8 Å². The molecule has 2 N–H and O–H groups in total. The van der Waals surface area contributed by atoms with Gasteiger partial charge in [-0.2, -0.15) is 0 Å². The van der Waals surface area contributed by atoms with E-state index in [1.807, 2.05) is 0 Å². The zero-order valence-corrected chi connectivity index (χ0v) is 12.7. The van der Waals surface area contributed by atoms with Crippen LogP contribution in [0.2, 0.25) is 0 Å². The summed E-state index contributed by atoms with van der Waals surface area (Å²) in [6.45, 7) is 4.92. The van der Waals surface area contributed by atoms with E-state index in [4.69, 9.17) is 0 Å². The highest BCUT2D eigenvalue weighted by molar-refractivity contribution is 7.13. The Balaban J connectivity index is 0.00000144. The van der Waals surface area contributed by atoms with Crippen LogP contribution in [-0.2, 0) is 6.42 Å². The van der Waals surface area contributed by atoms with Gasteiger partial charge in [-0.1, -0.05) is 6.92 Å². The summed E-state index contributed by atoms with van der Waals surface area (Å²) in [5.74, 6) is 0.624. The molecule has 0 unspecified atom stereocenters. The van der Waals surface area contributed by atoms with E-state index < -0.39 is 0 Å². The lowest BCUT2D eigenvalue weighted by molar-refractivity contribution is 0.0946. The second-order valence-electron chi connectivity index (χ2n) is 4.10. The Morgan fingerprint density at radius 3 is 2.83 bits per heavy atom. The Labute approximate surface area is 124 Å². The van der Waals surface area contributed by atoms with E-state index in [2.05, 4.69) is 22.5 Å². The summed E-state index contributed by atoms with van der Waals surface area (Å²) in [6, 6.07) is 0. The number of rotatable bonds is 5. The molecule has 0 atom stereocenters. The number of hydrogen-bond acceptors (Lipinski definition) is 4. The van der Waals surface area contributed by atoms with Crippen molar-refractivity contribution < 1.29 is 4.79 Å².